The molecule has 0 saturated carbocycles. The molecule has 0 aromatic carbocycles. The summed E-state index contributed by atoms with van der Waals surface area (Å²) >= 11 is 0. The number of carbonyl (C=O) groups excluding carboxylic acids is 1. The van der Waals surface area contributed by atoms with Crippen LogP contribution >= 0.6 is 0 Å². The van der Waals surface area contributed by atoms with Gasteiger partial charge in [0.25, 0.3) is 0 Å². The van der Waals surface area contributed by atoms with E-state index >= 15 is 0 Å². The number of carbonyl (C=O) groups is 1. The lowest BCUT2D eigenvalue weighted by Crippen LogP contribution is -2.54. The number of likely N-dealkylation sites (N-methyl/N-ethyl adjacent to an activating group) is 1. The number of nitrogens with one attached hydrogen (secondary N) is 3. The summed E-state index contributed by atoms with van der Waals surface area (Å²) < 4.78 is 0. The number of urea groups is 1. The molecule has 1 aromatic rings. The van der Waals surface area contributed by atoms with Gasteiger partial charge in [0.05, 0.1) is 6.04 Å². The molecule has 3 heterocycles. The molecular weight excluding hydrogens is 242 g/mol. The Morgan fingerprint density at radius 3 is 3.11 bits per heavy atom. The summed E-state index contributed by atoms with van der Waals surface area (Å²) in [6, 6.07) is 2.58. The fourth-order valence-corrected chi connectivity index (χ4v) is 2.81. The minimum atomic E-state index is 0.0465. The normalized spacial score (nSPS) is 28.7. The summed E-state index contributed by atoms with van der Waals surface area (Å²) in [5.41, 5.74) is 1.14. The first kappa shape index (κ1) is 12.5. The van der Waals surface area contributed by atoms with E-state index in [0.717, 1.165) is 38.3 Å². The highest BCUT2D eigenvalue weighted by molar-refractivity contribution is 5.77. The van der Waals surface area contributed by atoms with Crippen LogP contribution in [0.1, 0.15) is 11.6 Å². The molecule has 2 amide bonds. The van der Waals surface area contributed by atoms with Crippen LogP contribution in [0.4, 0.5) is 4.79 Å². The quantitative estimate of drug-likeness (QED) is 0.718. The molecule has 0 radical (unpaired) electrons. The summed E-state index contributed by atoms with van der Waals surface area (Å²) in [6.45, 7) is 4.57. The number of H-pyrrole nitrogens is 1. The number of aromatic nitrogens is 1. The van der Waals surface area contributed by atoms with Crippen LogP contribution < -0.4 is 10.6 Å². The van der Waals surface area contributed by atoms with E-state index in [1.807, 2.05) is 23.4 Å². The second kappa shape index (κ2) is 5.22. The van der Waals surface area contributed by atoms with Crippen LogP contribution in [0.5, 0.6) is 0 Å². The van der Waals surface area contributed by atoms with E-state index in [2.05, 4.69) is 27.6 Å². The van der Waals surface area contributed by atoms with Crippen LogP contribution in [-0.2, 0) is 0 Å². The van der Waals surface area contributed by atoms with E-state index < -0.39 is 0 Å². The minimum Gasteiger partial charge on any atom is -0.367 e. The SMILES string of the molecule is CN1CCNCC1CN1CC(c2cc[nH]c2)NC1=O. The Morgan fingerprint density at radius 1 is 1.47 bits per heavy atom. The van der Waals surface area contributed by atoms with Crippen LogP contribution in [0.25, 0.3) is 0 Å². The summed E-state index contributed by atoms with van der Waals surface area (Å²) in [7, 11) is 2.13. The van der Waals surface area contributed by atoms with E-state index in [4.69, 9.17) is 0 Å². The van der Waals surface area contributed by atoms with Gasteiger partial charge in [-0.2, -0.15) is 0 Å². The van der Waals surface area contributed by atoms with Gasteiger partial charge in [0.15, 0.2) is 0 Å². The van der Waals surface area contributed by atoms with E-state index in [1.165, 1.54) is 0 Å². The van der Waals surface area contributed by atoms with Crippen molar-refractivity contribution in [1.29, 1.82) is 0 Å². The Morgan fingerprint density at radius 2 is 2.37 bits per heavy atom. The summed E-state index contributed by atoms with van der Waals surface area (Å²) in [4.78, 5) is 19.3. The van der Waals surface area contributed by atoms with Crippen molar-refractivity contribution < 1.29 is 4.79 Å². The first-order valence-electron chi connectivity index (χ1n) is 6.83. The molecule has 3 rings (SSSR count). The molecule has 2 fully saturated rings. The zero-order valence-electron chi connectivity index (χ0n) is 11.2. The molecule has 1 aromatic heterocycles. The lowest BCUT2D eigenvalue weighted by Gasteiger charge is -2.35. The molecule has 2 aliphatic heterocycles. The number of nitrogens with zero attached hydrogens (tertiary/aromatic N) is 2. The molecule has 2 atom stereocenters. The zero-order valence-corrected chi connectivity index (χ0v) is 11.2. The largest absolute Gasteiger partial charge is 0.367 e. The van der Waals surface area contributed by atoms with Gasteiger partial charge in [-0.1, -0.05) is 0 Å². The summed E-state index contributed by atoms with van der Waals surface area (Å²) in [5, 5.41) is 6.43. The molecule has 2 saturated heterocycles. The van der Waals surface area contributed by atoms with Crippen LogP contribution in [0.15, 0.2) is 18.5 Å². The van der Waals surface area contributed by atoms with Gasteiger partial charge in [-0.25, -0.2) is 4.79 Å². The maximum Gasteiger partial charge on any atom is 0.318 e. The molecule has 6 heteroatoms. The topological polar surface area (TPSA) is 63.4 Å². The second-order valence-corrected chi connectivity index (χ2v) is 5.39. The zero-order chi connectivity index (χ0) is 13.2. The van der Waals surface area contributed by atoms with Crippen LogP contribution in [-0.4, -0.2) is 66.6 Å². The van der Waals surface area contributed by atoms with Gasteiger partial charge in [-0.15, -0.1) is 0 Å². The van der Waals surface area contributed by atoms with Crippen molar-refractivity contribution in [2.24, 2.45) is 0 Å². The maximum absolute atomic E-state index is 12.0. The molecule has 19 heavy (non-hydrogen) atoms. The fraction of sp³-hybridized carbons (Fsp3) is 0.615. The molecule has 104 valence electrons. The third-order valence-electron chi connectivity index (χ3n) is 4.09. The third kappa shape index (κ3) is 2.59. The molecular formula is C13H21N5O. The van der Waals surface area contributed by atoms with Crippen LogP contribution in [0.2, 0.25) is 0 Å². The Hall–Kier alpha value is -1.53. The van der Waals surface area contributed by atoms with E-state index in [0.29, 0.717) is 6.04 Å². The lowest BCUT2D eigenvalue weighted by molar-refractivity contribution is 0.154. The van der Waals surface area contributed by atoms with Crippen molar-refractivity contribution in [2.75, 3.05) is 39.8 Å². The second-order valence-electron chi connectivity index (χ2n) is 5.39. The Balaban J connectivity index is 1.61. The van der Waals surface area contributed by atoms with Crippen LogP contribution in [0, 0.1) is 0 Å². The van der Waals surface area contributed by atoms with E-state index in [9.17, 15) is 4.79 Å². The van der Waals surface area contributed by atoms with Gasteiger partial charge < -0.3 is 20.5 Å². The fourth-order valence-electron chi connectivity index (χ4n) is 2.81. The van der Waals surface area contributed by atoms with Crippen molar-refractivity contribution in [3.05, 3.63) is 24.0 Å². The number of piperazine rings is 1. The average molecular weight is 263 g/mol. The third-order valence-corrected chi connectivity index (χ3v) is 4.09. The van der Waals surface area contributed by atoms with Gasteiger partial charge in [0.2, 0.25) is 0 Å². The van der Waals surface area contributed by atoms with Gasteiger partial charge in [-0.3, -0.25) is 4.90 Å². The monoisotopic (exact) mass is 263 g/mol. The van der Waals surface area contributed by atoms with E-state index in [-0.39, 0.29) is 12.1 Å². The lowest BCUT2D eigenvalue weighted by atomic mass is 10.1. The Kier molecular flexibility index (Phi) is 3.44. The highest BCUT2D eigenvalue weighted by Gasteiger charge is 2.32. The van der Waals surface area contributed by atoms with Crippen molar-refractivity contribution in [1.82, 2.24) is 25.4 Å². The average Bonchev–Trinajstić information content (AvgIpc) is 3.02. The summed E-state index contributed by atoms with van der Waals surface area (Å²) in [5.74, 6) is 0. The van der Waals surface area contributed by atoms with Gasteiger partial charge in [0, 0.05) is 51.2 Å². The minimum absolute atomic E-state index is 0.0465. The van der Waals surface area contributed by atoms with Crippen molar-refractivity contribution in [2.45, 2.75) is 12.1 Å². The number of rotatable bonds is 3. The molecule has 0 spiro atoms. The Bertz CT molecular complexity index is 432. The highest BCUT2D eigenvalue weighted by Crippen LogP contribution is 2.20. The first-order chi connectivity index (χ1) is 9.24. The van der Waals surface area contributed by atoms with E-state index in [1.54, 1.807) is 0 Å². The molecule has 0 aliphatic carbocycles. The molecule has 2 aliphatic rings. The molecule has 3 N–H and O–H groups in total. The number of hydrogen-bond acceptors (Lipinski definition) is 3. The predicted octanol–water partition coefficient (Wildman–Crippen LogP) is -0.0154. The number of amides is 2. The Labute approximate surface area is 113 Å². The van der Waals surface area contributed by atoms with Gasteiger partial charge in [0.1, 0.15) is 0 Å². The van der Waals surface area contributed by atoms with Crippen molar-refractivity contribution in [3.63, 3.8) is 0 Å². The highest BCUT2D eigenvalue weighted by atomic mass is 16.2. The molecule has 2 unspecified atom stereocenters. The van der Waals surface area contributed by atoms with Crippen molar-refractivity contribution in [3.8, 4) is 0 Å². The van der Waals surface area contributed by atoms with Crippen LogP contribution in [0.3, 0.4) is 0 Å². The number of hydrogen-bond donors (Lipinski definition) is 3. The predicted molar refractivity (Wildman–Crippen MR) is 72.9 cm³/mol. The summed E-state index contributed by atoms with van der Waals surface area (Å²) in [6.07, 6.45) is 3.84. The smallest absolute Gasteiger partial charge is 0.318 e. The molecule has 0 bridgehead atoms. The maximum atomic E-state index is 12.0. The standard InChI is InChI=1S/C13H21N5O/c1-17-5-4-15-7-11(17)8-18-9-12(16-13(18)19)10-2-3-14-6-10/h2-3,6,11-12,14-15H,4-5,7-9H2,1H3,(H,16,19). The number of aromatic amines is 1. The van der Waals surface area contributed by atoms with Gasteiger partial charge in [-0.05, 0) is 18.7 Å². The van der Waals surface area contributed by atoms with Gasteiger partial charge >= 0.3 is 6.03 Å². The van der Waals surface area contributed by atoms with Crippen molar-refractivity contribution >= 4 is 6.03 Å². The molecule has 6 nitrogen and oxygen atoms in total. The first-order valence-corrected chi connectivity index (χ1v) is 6.83.